The van der Waals surface area contributed by atoms with Gasteiger partial charge in [0.25, 0.3) is 5.91 Å². The molecule has 0 radical (unpaired) electrons. The zero-order chi connectivity index (χ0) is 15.2. The number of carbonyl (C=O) groups is 1. The fourth-order valence-electron chi connectivity index (χ4n) is 1.82. The van der Waals surface area contributed by atoms with E-state index >= 15 is 0 Å². The van der Waals surface area contributed by atoms with E-state index < -0.39 is 0 Å². The molecular formula is C16H18N2O3. The van der Waals surface area contributed by atoms with E-state index in [1.807, 2.05) is 13.0 Å². The largest absolute Gasteiger partial charge is 0.497 e. The highest BCUT2D eigenvalue weighted by atomic mass is 16.5. The second kappa shape index (κ2) is 6.65. The third kappa shape index (κ3) is 3.89. The van der Waals surface area contributed by atoms with Crippen molar-refractivity contribution in [2.75, 3.05) is 24.8 Å². The third-order valence-corrected chi connectivity index (χ3v) is 3.06. The Labute approximate surface area is 123 Å². The molecule has 0 aromatic heterocycles. The molecule has 110 valence electrons. The van der Waals surface area contributed by atoms with Crippen LogP contribution in [-0.4, -0.2) is 19.6 Å². The summed E-state index contributed by atoms with van der Waals surface area (Å²) < 4.78 is 10.5. The van der Waals surface area contributed by atoms with Gasteiger partial charge in [0, 0.05) is 17.4 Å². The Bertz CT molecular complexity index is 641. The van der Waals surface area contributed by atoms with Crippen LogP contribution in [0.4, 0.5) is 11.4 Å². The fourth-order valence-corrected chi connectivity index (χ4v) is 1.82. The van der Waals surface area contributed by atoms with Crippen molar-refractivity contribution < 1.29 is 14.3 Å². The smallest absolute Gasteiger partial charge is 0.262 e. The second-order valence-corrected chi connectivity index (χ2v) is 4.54. The predicted molar refractivity (Wildman–Crippen MR) is 82.7 cm³/mol. The second-order valence-electron chi connectivity index (χ2n) is 4.54. The van der Waals surface area contributed by atoms with E-state index in [9.17, 15) is 4.79 Å². The van der Waals surface area contributed by atoms with Gasteiger partial charge in [-0.05, 0) is 36.8 Å². The van der Waals surface area contributed by atoms with Crippen molar-refractivity contribution in [1.82, 2.24) is 0 Å². The Balaban J connectivity index is 1.94. The molecule has 1 amide bonds. The minimum Gasteiger partial charge on any atom is -0.497 e. The van der Waals surface area contributed by atoms with Gasteiger partial charge in [-0.15, -0.1) is 0 Å². The van der Waals surface area contributed by atoms with Gasteiger partial charge in [-0.25, -0.2) is 0 Å². The number of ether oxygens (including phenoxy) is 2. The summed E-state index contributed by atoms with van der Waals surface area (Å²) in [4.78, 5) is 11.9. The molecule has 5 nitrogen and oxygen atoms in total. The van der Waals surface area contributed by atoms with E-state index in [-0.39, 0.29) is 12.5 Å². The van der Waals surface area contributed by atoms with Crippen molar-refractivity contribution in [3.05, 3.63) is 48.0 Å². The molecule has 0 aliphatic rings. The first-order chi connectivity index (χ1) is 10.1. The quantitative estimate of drug-likeness (QED) is 0.829. The molecule has 0 saturated carbocycles. The molecule has 0 unspecified atom stereocenters. The number of carbonyl (C=O) groups excluding carboxylic acids is 1. The van der Waals surface area contributed by atoms with Gasteiger partial charge >= 0.3 is 0 Å². The maximum Gasteiger partial charge on any atom is 0.262 e. The van der Waals surface area contributed by atoms with Crippen molar-refractivity contribution in [3.8, 4) is 11.5 Å². The summed E-state index contributed by atoms with van der Waals surface area (Å²) >= 11 is 0. The van der Waals surface area contributed by atoms with Crippen LogP contribution in [0.5, 0.6) is 11.5 Å². The molecule has 0 spiro atoms. The number of nitrogen functional groups attached to an aromatic ring is 1. The van der Waals surface area contributed by atoms with E-state index in [0.717, 1.165) is 5.56 Å². The SMILES string of the molecule is COc1cccc(OCC(=O)Nc2cccc(N)c2C)c1. The van der Waals surface area contributed by atoms with Crippen LogP contribution in [0.15, 0.2) is 42.5 Å². The van der Waals surface area contributed by atoms with E-state index in [4.69, 9.17) is 15.2 Å². The molecule has 2 rings (SSSR count). The van der Waals surface area contributed by atoms with Crippen LogP contribution in [0, 0.1) is 6.92 Å². The lowest BCUT2D eigenvalue weighted by Gasteiger charge is -2.11. The number of amides is 1. The normalized spacial score (nSPS) is 10.0. The van der Waals surface area contributed by atoms with Crippen LogP contribution in [0.25, 0.3) is 0 Å². The van der Waals surface area contributed by atoms with Crippen LogP contribution in [0.3, 0.4) is 0 Å². The Kier molecular flexibility index (Phi) is 4.66. The van der Waals surface area contributed by atoms with Crippen LogP contribution in [0.1, 0.15) is 5.56 Å². The van der Waals surface area contributed by atoms with E-state index in [1.54, 1.807) is 43.5 Å². The molecule has 5 heteroatoms. The first-order valence-electron chi connectivity index (χ1n) is 6.52. The topological polar surface area (TPSA) is 73.6 Å². The Morgan fingerprint density at radius 3 is 2.67 bits per heavy atom. The molecule has 0 aliphatic carbocycles. The maximum atomic E-state index is 11.9. The molecule has 0 saturated heterocycles. The first kappa shape index (κ1) is 14.7. The lowest BCUT2D eigenvalue weighted by atomic mass is 10.1. The van der Waals surface area contributed by atoms with Crippen LogP contribution in [-0.2, 0) is 4.79 Å². The molecule has 3 N–H and O–H groups in total. The van der Waals surface area contributed by atoms with Crippen LogP contribution < -0.4 is 20.5 Å². The van der Waals surface area contributed by atoms with E-state index in [0.29, 0.717) is 22.9 Å². The Morgan fingerprint density at radius 1 is 1.19 bits per heavy atom. The molecule has 21 heavy (non-hydrogen) atoms. The van der Waals surface area contributed by atoms with Crippen molar-refractivity contribution in [2.45, 2.75) is 6.92 Å². The highest BCUT2D eigenvalue weighted by Gasteiger charge is 2.07. The van der Waals surface area contributed by atoms with Gasteiger partial charge in [-0.1, -0.05) is 12.1 Å². The summed E-state index contributed by atoms with van der Waals surface area (Å²) in [7, 11) is 1.58. The van der Waals surface area contributed by atoms with Gasteiger partial charge in [-0.3, -0.25) is 4.79 Å². The third-order valence-electron chi connectivity index (χ3n) is 3.06. The van der Waals surface area contributed by atoms with Gasteiger partial charge in [0.1, 0.15) is 11.5 Å². The Morgan fingerprint density at radius 2 is 1.90 bits per heavy atom. The number of nitrogens with one attached hydrogen (secondary N) is 1. The van der Waals surface area contributed by atoms with Gasteiger partial charge < -0.3 is 20.5 Å². The molecule has 0 atom stereocenters. The van der Waals surface area contributed by atoms with Crippen LogP contribution >= 0.6 is 0 Å². The molecule has 0 heterocycles. The number of anilines is 2. The highest BCUT2D eigenvalue weighted by molar-refractivity contribution is 5.93. The monoisotopic (exact) mass is 286 g/mol. The number of hydrogen-bond donors (Lipinski definition) is 2. The number of benzene rings is 2. The first-order valence-corrected chi connectivity index (χ1v) is 6.52. The van der Waals surface area contributed by atoms with Gasteiger partial charge in [0.05, 0.1) is 7.11 Å². The average Bonchev–Trinajstić information content (AvgIpc) is 2.50. The molecule has 0 fully saturated rings. The lowest BCUT2D eigenvalue weighted by Crippen LogP contribution is -2.20. The van der Waals surface area contributed by atoms with E-state index in [2.05, 4.69) is 5.32 Å². The number of hydrogen-bond acceptors (Lipinski definition) is 4. The van der Waals surface area contributed by atoms with Gasteiger partial charge in [0.2, 0.25) is 0 Å². The summed E-state index contributed by atoms with van der Waals surface area (Å²) in [5.74, 6) is 1.01. The van der Waals surface area contributed by atoms with Crippen molar-refractivity contribution in [2.24, 2.45) is 0 Å². The highest BCUT2D eigenvalue weighted by Crippen LogP contribution is 2.21. The maximum absolute atomic E-state index is 11.9. The van der Waals surface area contributed by atoms with Crippen molar-refractivity contribution in [1.29, 1.82) is 0 Å². The molecule has 2 aromatic carbocycles. The van der Waals surface area contributed by atoms with Gasteiger partial charge in [0.15, 0.2) is 6.61 Å². The fraction of sp³-hybridized carbons (Fsp3) is 0.188. The number of methoxy groups -OCH3 is 1. The van der Waals surface area contributed by atoms with E-state index in [1.165, 1.54) is 0 Å². The molecule has 2 aromatic rings. The summed E-state index contributed by atoms with van der Waals surface area (Å²) in [6.07, 6.45) is 0. The Hall–Kier alpha value is -2.69. The summed E-state index contributed by atoms with van der Waals surface area (Å²) in [6.45, 7) is 1.77. The summed E-state index contributed by atoms with van der Waals surface area (Å²) in [6, 6.07) is 12.5. The van der Waals surface area contributed by atoms with Crippen molar-refractivity contribution >= 4 is 17.3 Å². The lowest BCUT2D eigenvalue weighted by molar-refractivity contribution is -0.118. The zero-order valence-electron chi connectivity index (χ0n) is 12.1. The summed E-state index contributed by atoms with van der Waals surface area (Å²) in [5, 5.41) is 2.77. The standard InChI is InChI=1S/C16H18N2O3/c1-11-14(17)7-4-8-15(11)18-16(19)10-21-13-6-3-5-12(9-13)20-2/h3-9H,10,17H2,1-2H3,(H,18,19). The number of nitrogens with two attached hydrogens (primary N) is 1. The molecule has 0 bridgehead atoms. The molecular weight excluding hydrogens is 268 g/mol. The van der Waals surface area contributed by atoms with Gasteiger partial charge in [-0.2, -0.15) is 0 Å². The summed E-state index contributed by atoms with van der Waals surface area (Å²) in [5.41, 5.74) is 7.97. The predicted octanol–water partition coefficient (Wildman–Crippen LogP) is 2.60. The number of rotatable bonds is 5. The van der Waals surface area contributed by atoms with Crippen LogP contribution in [0.2, 0.25) is 0 Å². The minimum atomic E-state index is -0.244. The zero-order valence-corrected chi connectivity index (χ0v) is 12.1. The molecule has 0 aliphatic heterocycles. The van der Waals surface area contributed by atoms with Crippen molar-refractivity contribution in [3.63, 3.8) is 0 Å². The average molecular weight is 286 g/mol. The minimum absolute atomic E-state index is 0.0819.